The summed E-state index contributed by atoms with van der Waals surface area (Å²) in [4.78, 5) is 22.8. The minimum Gasteiger partial charge on any atom is -0.398 e. The molecular weight excluding hydrogens is 294 g/mol. The third-order valence-corrected chi connectivity index (χ3v) is 5.21. The number of carbonyl (C=O) groups is 2. The predicted molar refractivity (Wildman–Crippen MR) is 76.8 cm³/mol. The fourth-order valence-electron chi connectivity index (χ4n) is 2.31. The highest BCUT2D eigenvalue weighted by atomic mass is 32.2. The van der Waals surface area contributed by atoms with E-state index in [0.29, 0.717) is 16.8 Å². The number of benzene rings is 1. The smallest absolute Gasteiger partial charge is 0.244 e. The number of hydrogen-bond acceptors (Lipinski definition) is 5. The van der Waals surface area contributed by atoms with E-state index < -0.39 is 27.9 Å². The van der Waals surface area contributed by atoms with Crippen molar-refractivity contribution in [1.29, 1.82) is 0 Å². The molecule has 1 atom stereocenters. The monoisotopic (exact) mass is 311 g/mol. The van der Waals surface area contributed by atoms with Gasteiger partial charge in [0.1, 0.15) is 6.04 Å². The highest BCUT2D eigenvalue weighted by molar-refractivity contribution is 7.89. The van der Waals surface area contributed by atoms with Gasteiger partial charge in [0.2, 0.25) is 21.8 Å². The number of rotatable bonds is 3. The molecule has 0 bridgehead atoms. The molecule has 0 saturated carbocycles. The lowest BCUT2D eigenvalue weighted by Gasteiger charge is -2.23. The summed E-state index contributed by atoms with van der Waals surface area (Å²) in [7, 11) is -3.90. The fraction of sp³-hybridized carbons (Fsp3) is 0.385. The van der Waals surface area contributed by atoms with Crippen LogP contribution in [0.15, 0.2) is 17.0 Å². The molecule has 114 valence electrons. The molecule has 1 fully saturated rings. The van der Waals surface area contributed by atoms with Gasteiger partial charge in [-0.05, 0) is 37.5 Å². The standard InChI is InChI=1S/C13H17N3O4S/c1-7-3-4-9(14)8(2)12(7)21(19,20)16-10-5-6-11(17)15-13(10)18/h3-4,10,16H,5-6,14H2,1-2H3,(H,15,17,18). The average Bonchev–Trinajstić information content (AvgIpc) is 2.37. The van der Waals surface area contributed by atoms with Gasteiger partial charge in [0, 0.05) is 12.1 Å². The minimum absolute atomic E-state index is 0.0761. The molecule has 1 saturated heterocycles. The number of nitrogens with two attached hydrogens (primary N) is 1. The number of carbonyl (C=O) groups excluding carboxylic acids is 2. The number of aryl methyl sites for hydroxylation is 1. The van der Waals surface area contributed by atoms with Crippen LogP contribution in [0.5, 0.6) is 0 Å². The van der Waals surface area contributed by atoms with Crippen molar-refractivity contribution in [3.63, 3.8) is 0 Å². The lowest BCUT2D eigenvalue weighted by Crippen LogP contribution is -2.52. The zero-order valence-corrected chi connectivity index (χ0v) is 12.6. The van der Waals surface area contributed by atoms with Crippen LogP contribution in [0.1, 0.15) is 24.0 Å². The van der Waals surface area contributed by atoms with Gasteiger partial charge in [0.05, 0.1) is 4.90 Å². The van der Waals surface area contributed by atoms with Crippen LogP contribution in [-0.4, -0.2) is 26.3 Å². The first-order chi connectivity index (χ1) is 9.72. The molecule has 8 heteroatoms. The van der Waals surface area contributed by atoms with Crippen molar-refractivity contribution in [3.8, 4) is 0 Å². The number of piperidine rings is 1. The van der Waals surface area contributed by atoms with E-state index in [4.69, 9.17) is 5.73 Å². The van der Waals surface area contributed by atoms with E-state index >= 15 is 0 Å². The van der Waals surface area contributed by atoms with Crippen LogP contribution < -0.4 is 15.8 Å². The lowest BCUT2D eigenvalue weighted by atomic mass is 10.1. The van der Waals surface area contributed by atoms with Crippen molar-refractivity contribution in [2.24, 2.45) is 0 Å². The molecule has 0 aliphatic carbocycles. The lowest BCUT2D eigenvalue weighted by molar-refractivity contribution is -0.134. The molecule has 0 radical (unpaired) electrons. The Balaban J connectivity index is 2.34. The van der Waals surface area contributed by atoms with E-state index in [1.807, 2.05) is 0 Å². The fourth-order valence-corrected chi connectivity index (χ4v) is 4.04. The summed E-state index contributed by atoms with van der Waals surface area (Å²) in [5.74, 6) is -1.03. The minimum atomic E-state index is -3.90. The first-order valence-corrected chi connectivity index (χ1v) is 7.92. The van der Waals surface area contributed by atoms with Gasteiger partial charge in [-0.1, -0.05) is 6.07 Å². The Morgan fingerprint density at radius 1 is 1.29 bits per heavy atom. The number of imide groups is 1. The first-order valence-electron chi connectivity index (χ1n) is 6.44. The number of sulfonamides is 1. The molecule has 2 rings (SSSR count). The third kappa shape index (κ3) is 3.06. The molecule has 1 aliphatic heterocycles. The molecule has 1 heterocycles. The first kappa shape index (κ1) is 15.5. The normalized spacial score (nSPS) is 19.4. The second-order valence-corrected chi connectivity index (χ2v) is 6.70. The van der Waals surface area contributed by atoms with E-state index in [-0.39, 0.29) is 17.7 Å². The Kier molecular flexibility index (Phi) is 4.02. The van der Waals surface area contributed by atoms with Gasteiger partial charge in [-0.2, -0.15) is 4.72 Å². The maximum absolute atomic E-state index is 12.5. The average molecular weight is 311 g/mol. The molecule has 2 amide bonds. The Labute approximate surface area is 123 Å². The number of amides is 2. The van der Waals surface area contributed by atoms with Crippen LogP contribution >= 0.6 is 0 Å². The maximum atomic E-state index is 12.5. The number of anilines is 1. The van der Waals surface area contributed by atoms with Crippen LogP contribution in [0.4, 0.5) is 5.69 Å². The van der Waals surface area contributed by atoms with Crippen molar-refractivity contribution < 1.29 is 18.0 Å². The number of nitrogen functional groups attached to an aromatic ring is 1. The SMILES string of the molecule is Cc1ccc(N)c(C)c1S(=O)(=O)NC1CCC(=O)NC1=O. The van der Waals surface area contributed by atoms with E-state index in [1.165, 1.54) is 0 Å². The van der Waals surface area contributed by atoms with Gasteiger partial charge in [-0.3, -0.25) is 14.9 Å². The van der Waals surface area contributed by atoms with Crippen LogP contribution in [-0.2, 0) is 19.6 Å². The van der Waals surface area contributed by atoms with Crippen molar-refractivity contribution in [3.05, 3.63) is 23.3 Å². The summed E-state index contributed by atoms with van der Waals surface area (Å²) in [5.41, 5.74) is 7.10. The quantitative estimate of drug-likeness (QED) is 0.535. The van der Waals surface area contributed by atoms with Gasteiger partial charge in [-0.15, -0.1) is 0 Å². The molecule has 4 N–H and O–H groups in total. The Bertz CT molecular complexity index is 712. The Hall–Kier alpha value is -1.93. The van der Waals surface area contributed by atoms with E-state index in [0.717, 1.165) is 0 Å². The second kappa shape index (κ2) is 5.45. The van der Waals surface area contributed by atoms with Crippen molar-refractivity contribution in [2.75, 3.05) is 5.73 Å². The van der Waals surface area contributed by atoms with Gasteiger partial charge in [0.25, 0.3) is 0 Å². The summed E-state index contributed by atoms with van der Waals surface area (Å²) in [6, 6.07) is 2.30. The zero-order chi connectivity index (χ0) is 15.8. The third-order valence-electron chi connectivity index (χ3n) is 3.45. The second-order valence-electron chi connectivity index (χ2n) is 5.05. The summed E-state index contributed by atoms with van der Waals surface area (Å²) in [6.45, 7) is 3.27. The molecule has 7 nitrogen and oxygen atoms in total. The molecule has 1 aliphatic rings. The topological polar surface area (TPSA) is 118 Å². The molecule has 21 heavy (non-hydrogen) atoms. The Morgan fingerprint density at radius 2 is 1.95 bits per heavy atom. The van der Waals surface area contributed by atoms with E-state index in [9.17, 15) is 18.0 Å². The van der Waals surface area contributed by atoms with Gasteiger partial charge < -0.3 is 5.73 Å². The van der Waals surface area contributed by atoms with Gasteiger partial charge in [0.15, 0.2) is 0 Å². The molecule has 1 unspecified atom stereocenters. The predicted octanol–water partition coefficient (Wildman–Crippen LogP) is -0.0309. The molecule has 1 aromatic carbocycles. The van der Waals surface area contributed by atoms with Crippen molar-refractivity contribution >= 4 is 27.5 Å². The molecule has 0 aromatic heterocycles. The Morgan fingerprint density at radius 3 is 2.57 bits per heavy atom. The largest absolute Gasteiger partial charge is 0.398 e. The molecule has 0 spiro atoms. The van der Waals surface area contributed by atoms with Gasteiger partial charge in [-0.25, -0.2) is 8.42 Å². The highest BCUT2D eigenvalue weighted by Gasteiger charge is 2.32. The zero-order valence-electron chi connectivity index (χ0n) is 11.8. The summed E-state index contributed by atoms with van der Waals surface area (Å²) in [5, 5.41) is 2.11. The van der Waals surface area contributed by atoms with Crippen molar-refractivity contribution in [1.82, 2.24) is 10.0 Å². The van der Waals surface area contributed by atoms with Crippen LogP contribution in [0, 0.1) is 13.8 Å². The van der Waals surface area contributed by atoms with Crippen molar-refractivity contribution in [2.45, 2.75) is 37.6 Å². The van der Waals surface area contributed by atoms with E-state index in [2.05, 4.69) is 10.0 Å². The number of hydrogen-bond donors (Lipinski definition) is 3. The van der Waals surface area contributed by atoms with Crippen LogP contribution in [0.2, 0.25) is 0 Å². The number of nitrogens with one attached hydrogen (secondary N) is 2. The molecular formula is C13H17N3O4S. The summed E-state index contributed by atoms with van der Waals surface area (Å²) < 4.78 is 27.3. The maximum Gasteiger partial charge on any atom is 0.244 e. The summed E-state index contributed by atoms with van der Waals surface area (Å²) >= 11 is 0. The van der Waals surface area contributed by atoms with Crippen LogP contribution in [0.25, 0.3) is 0 Å². The summed E-state index contributed by atoms with van der Waals surface area (Å²) in [6.07, 6.45) is 0.248. The van der Waals surface area contributed by atoms with Crippen LogP contribution in [0.3, 0.4) is 0 Å². The highest BCUT2D eigenvalue weighted by Crippen LogP contribution is 2.25. The van der Waals surface area contributed by atoms with E-state index in [1.54, 1.807) is 26.0 Å². The van der Waals surface area contributed by atoms with Gasteiger partial charge >= 0.3 is 0 Å². The molecule has 1 aromatic rings.